The Bertz CT molecular complexity index is 1280. The van der Waals surface area contributed by atoms with Gasteiger partial charge in [-0.25, -0.2) is 19.9 Å². The van der Waals surface area contributed by atoms with Gasteiger partial charge in [-0.05, 0) is 44.2 Å². The van der Waals surface area contributed by atoms with Crippen LogP contribution in [0.3, 0.4) is 0 Å². The lowest BCUT2D eigenvalue weighted by molar-refractivity contribution is 0.0943. The highest BCUT2D eigenvalue weighted by molar-refractivity contribution is 5.79. The van der Waals surface area contributed by atoms with E-state index in [4.69, 9.17) is 10.2 Å². The summed E-state index contributed by atoms with van der Waals surface area (Å²) >= 11 is 0. The lowest BCUT2D eigenvalue weighted by atomic mass is 10.0. The van der Waals surface area contributed by atoms with Crippen molar-refractivity contribution in [2.75, 3.05) is 17.2 Å². The highest BCUT2D eigenvalue weighted by Crippen LogP contribution is 2.30. The molecule has 0 spiro atoms. The lowest BCUT2D eigenvalue weighted by Gasteiger charge is -2.18. The van der Waals surface area contributed by atoms with E-state index in [1.807, 2.05) is 30.3 Å². The number of anilines is 3. The Labute approximate surface area is 192 Å². The van der Waals surface area contributed by atoms with Gasteiger partial charge in [-0.15, -0.1) is 0 Å². The zero-order valence-electron chi connectivity index (χ0n) is 18.3. The zero-order valence-corrected chi connectivity index (χ0v) is 18.3. The molecule has 0 atom stereocenters. The highest BCUT2D eigenvalue weighted by atomic mass is 16.3. The van der Waals surface area contributed by atoms with Crippen LogP contribution in [0.1, 0.15) is 19.4 Å². The average molecular weight is 438 g/mol. The van der Waals surface area contributed by atoms with Gasteiger partial charge in [0.25, 0.3) is 0 Å². The summed E-state index contributed by atoms with van der Waals surface area (Å²) in [6.07, 6.45) is 3.39. The molecular weight excluding hydrogens is 414 g/mol. The van der Waals surface area contributed by atoms with Crippen molar-refractivity contribution >= 4 is 17.6 Å². The second-order valence-corrected chi connectivity index (χ2v) is 8.07. The van der Waals surface area contributed by atoms with Crippen LogP contribution in [-0.4, -0.2) is 37.2 Å². The second-order valence-electron chi connectivity index (χ2n) is 8.07. The van der Waals surface area contributed by atoms with Crippen molar-refractivity contribution in [3.63, 3.8) is 0 Å². The Morgan fingerprint density at radius 3 is 2.39 bits per heavy atom. The first-order valence-corrected chi connectivity index (χ1v) is 10.4. The van der Waals surface area contributed by atoms with Crippen LogP contribution in [0.5, 0.6) is 0 Å². The molecule has 2 aromatic carbocycles. The van der Waals surface area contributed by atoms with Gasteiger partial charge in [-0.2, -0.15) is 5.26 Å². The molecule has 0 saturated carbocycles. The first kappa shape index (κ1) is 21.9. The minimum absolute atomic E-state index is 0.312. The van der Waals surface area contributed by atoms with E-state index in [0.717, 1.165) is 16.8 Å². The van der Waals surface area contributed by atoms with Gasteiger partial charge in [0.1, 0.15) is 0 Å². The Hall–Kier alpha value is -4.35. The van der Waals surface area contributed by atoms with E-state index in [9.17, 15) is 5.11 Å². The highest BCUT2D eigenvalue weighted by Gasteiger charge is 2.16. The molecule has 0 fully saturated rings. The summed E-state index contributed by atoms with van der Waals surface area (Å²) < 4.78 is 0. The summed E-state index contributed by atoms with van der Waals surface area (Å²) in [5.41, 5.74) is 3.51. The molecule has 2 heterocycles. The van der Waals surface area contributed by atoms with Crippen molar-refractivity contribution in [3.8, 4) is 28.6 Å². The number of nitrogens with zero attached hydrogens (tertiary/aromatic N) is 5. The van der Waals surface area contributed by atoms with Crippen LogP contribution in [0.15, 0.2) is 73.1 Å². The predicted molar refractivity (Wildman–Crippen MR) is 128 cm³/mol. The molecule has 8 nitrogen and oxygen atoms in total. The second kappa shape index (κ2) is 9.42. The van der Waals surface area contributed by atoms with E-state index in [-0.39, 0.29) is 0 Å². The molecule has 2 aromatic heterocycles. The Balaban J connectivity index is 1.68. The summed E-state index contributed by atoms with van der Waals surface area (Å²) in [4.78, 5) is 18.1. The van der Waals surface area contributed by atoms with E-state index >= 15 is 0 Å². The number of nitrogens with one attached hydrogen (secondary N) is 2. The number of hydrogen-bond acceptors (Lipinski definition) is 8. The van der Waals surface area contributed by atoms with E-state index in [0.29, 0.717) is 35.4 Å². The molecule has 0 saturated heterocycles. The number of aromatic nitrogens is 4. The number of rotatable bonds is 7. The van der Waals surface area contributed by atoms with Gasteiger partial charge < -0.3 is 15.7 Å². The van der Waals surface area contributed by atoms with Crippen LogP contribution >= 0.6 is 0 Å². The van der Waals surface area contributed by atoms with Gasteiger partial charge >= 0.3 is 0 Å². The minimum atomic E-state index is -0.895. The molecule has 164 valence electrons. The summed E-state index contributed by atoms with van der Waals surface area (Å²) in [5, 5.41) is 25.2. The largest absolute Gasteiger partial charge is 0.389 e. The Kier molecular flexibility index (Phi) is 6.24. The maximum absolute atomic E-state index is 10.0. The summed E-state index contributed by atoms with van der Waals surface area (Å²) in [7, 11) is 0. The van der Waals surface area contributed by atoms with Gasteiger partial charge in [-0.1, -0.05) is 30.3 Å². The van der Waals surface area contributed by atoms with Gasteiger partial charge in [0, 0.05) is 35.8 Å². The summed E-state index contributed by atoms with van der Waals surface area (Å²) in [5.74, 6) is 0.838. The van der Waals surface area contributed by atoms with Gasteiger partial charge in [-0.3, -0.25) is 0 Å². The average Bonchev–Trinajstić information content (AvgIpc) is 2.83. The molecule has 4 rings (SSSR count). The molecular formula is C25H23N7O. The van der Waals surface area contributed by atoms with Crippen molar-refractivity contribution in [1.82, 2.24) is 19.9 Å². The molecule has 8 heteroatoms. The molecule has 33 heavy (non-hydrogen) atoms. The maximum Gasteiger partial charge on any atom is 0.227 e. The third kappa shape index (κ3) is 5.67. The van der Waals surface area contributed by atoms with Crippen molar-refractivity contribution in [2.24, 2.45) is 0 Å². The molecule has 0 aliphatic carbocycles. The molecule has 3 N–H and O–H groups in total. The van der Waals surface area contributed by atoms with Crippen LogP contribution < -0.4 is 10.6 Å². The summed E-state index contributed by atoms with van der Waals surface area (Å²) in [6, 6.07) is 20.8. The van der Waals surface area contributed by atoms with E-state index in [1.165, 1.54) is 0 Å². The Morgan fingerprint density at radius 1 is 0.939 bits per heavy atom. The summed E-state index contributed by atoms with van der Waals surface area (Å²) in [6.45, 7) is 3.75. The smallest absolute Gasteiger partial charge is 0.227 e. The standard InChI is InChI=1S/C25H23N7O/c1-25(2,33)16-29-23-28-15-20(22(32-23)18-6-4-3-5-7-18)21-12-13-27-24(31-21)30-19-10-8-17(14-26)9-11-19/h3-13,15,33H,16H2,1-2H3,(H,27,30,31)(H,28,29,32). The maximum atomic E-state index is 10.0. The van der Waals surface area contributed by atoms with Crippen LogP contribution in [0, 0.1) is 11.3 Å². The topological polar surface area (TPSA) is 120 Å². The van der Waals surface area contributed by atoms with Crippen molar-refractivity contribution in [2.45, 2.75) is 19.4 Å². The molecule has 0 amide bonds. The predicted octanol–water partition coefficient (Wildman–Crippen LogP) is 4.40. The fraction of sp³-hybridized carbons (Fsp3) is 0.160. The van der Waals surface area contributed by atoms with Gasteiger partial charge in [0.15, 0.2) is 0 Å². The van der Waals surface area contributed by atoms with Crippen LogP contribution in [0.2, 0.25) is 0 Å². The van der Waals surface area contributed by atoms with Gasteiger partial charge in [0.2, 0.25) is 11.9 Å². The zero-order chi connectivity index (χ0) is 23.3. The monoisotopic (exact) mass is 437 g/mol. The third-order valence-electron chi connectivity index (χ3n) is 4.72. The van der Waals surface area contributed by atoms with Crippen molar-refractivity contribution in [3.05, 3.63) is 78.6 Å². The SMILES string of the molecule is CC(C)(O)CNc1ncc(-c2ccnc(Nc3ccc(C#N)cc3)n2)c(-c2ccccc2)n1. The van der Waals surface area contributed by atoms with Crippen LogP contribution in [0.4, 0.5) is 17.6 Å². The van der Waals surface area contributed by atoms with Crippen molar-refractivity contribution < 1.29 is 5.11 Å². The van der Waals surface area contributed by atoms with E-state index < -0.39 is 5.60 Å². The molecule has 0 bridgehead atoms. The fourth-order valence-corrected chi connectivity index (χ4v) is 3.09. The van der Waals surface area contributed by atoms with E-state index in [2.05, 4.69) is 31.7 Å². The number of nitriles is 1. The molecule has 0 aliphatic rings. The minimum Gasteiger partial charge on any atom is -0.389 e. The number of hydrogen-bond donors (Lipinski definition) is 3. The number of benzene rings is 2. The third-order valence-corrected chi connectivity index (χ3v) is 4.72. The van der Waals surface area contributed by atoms with Crippen LogP contribution in [-0.2, 0) is 0 Å². The molecule has 0 unspecified atom stereocenters. The fourth-order valence-electron chi connectivity index (χ4n) is 3.09. The van der Waals surface area contributed by atoms with Crippen LogP contribution in [0.25, 0.3) is 22.5 Å². The van der Waals surface area contributed by atoms with E-state index in [1.54, 1.807) is 56.6 Å². The molecule has 0 radical (unpaired) electrons. The quantitative estimate of drug-likeness (QED) is 0.389. The molecule has 4 aromatic rings. The van der Waals surface area contributed by atoms with Gasteiger partial charge in [0.05, 0.1) is 28.6 Å². The lowest BCUT2D eigenvalue weighted by Crippen LogP contribution is -2.30. The number of aliphatic hydroxyl groups is 1. The first-order chi connectivity index (χ1) is 15.9. The Morgan fingerprint density at radius 2 is 1.70 bits per heavy atom. The molecule has 0 aliphatic heterocycles. The van der Waals surface area contributed by atoms with Crippen molar-refractivity contribution in [1.29, 1.82) is 5.26 Å². The normalized spacial score (nSPS) is 11.0. The first-order valence-electron chi connectivity index (χ1n) is 10.4.